The topological polar surface area (TPSA) is 23.6 Å². The van der Waals surface area contributed by atoms with E-state index in [4.69, 9.17) is 11.6 Å². The van der Waals surface area contributed by atoms with Crippen molar-refractivity contribution in [2.24, 2.45) is 0 Å². The van der Waals surface area contributed by atoms with Gasteiger partial charge in [-0.05, 0) is 37.2 Å². The molecule has 0 aliphatic carbocycles. The molecule has 0 aromatic heterocycles. The van der Waals surface area contributed by atoms with E-state index in [1.165, 1.54) is 5.56 Å². The molecular weight excluding hydrogens is 260 g/mol. The van der Waals surface area contributed by atoms with Gasteiger partial charge in [0.05, 0.1) is 12.6 Å². The highest BCUT2D eigenvalue weighted by molar-refractivity contribution is 6.30. The minimum Gasteiger partial charge on any atom is -0.334 e. The molecule has 0 saturated carbocycles. The van der Waals surface area contributed by atoms with Crippen molar-refractivity contribution in [2.75, 3.05) is 26.2 Å². The molecule has 4 heteroatoms. The number of likely N-dealkylation sites (N-methyl/N-ethyl adjacent to an activating group) is 1. The van der Waals surface area contributed by atoms with Crippen LogP contribution in [0.4, 0.5) is 0 Å². The molecule has 1 fully saturated rings. The normalized spacial score (nSPS) is 18.5. The summed E-state index contributed by atoms with van der Waals surface area (Å²) in [6.07, 6.45) is 1.05. The molecule has 19 heavy (non-hydrogen) atoms. The minimum atomic E-state index is 0.231. The van der Waals surface area contributed by atoms with Gasteiger partial charge in [-0.3, -0.25) is 9.69 Å². The number of carbonyl (C=O) groups excluding carboxylic acids is 1. The maximum Gasteiger partial charge on any atom is 0.237 e. The fourth-order valence-corrected chi connectivity index (χ4v) is 2.57. The smallest absolute Gasteiger partial charge is 0.237 e. The van der Waals surface area contributed by atoms with Crippen LogP contribution in [0.5, 0.6) is 0 Å². The summed E-state index contributed by atoms with van der Waals surface area (Å²) in [6.45, 7) is 7.40. The highest BCUT2D eigenvalue weighted by Gasteiger charge is 2.33. The summed E-state index contributed by atoms with van der Waals surface area (Å²) < 4.78 is 0. The first-order chi connectivity index (χ1) is 9.15. The Morgan fingerprint density at radius 2 is 1.95 bits per heavy atom. The quantitative estimate of drug-likeness (QED) is 0.828. The van der Waals surface area contributed by atoms with Crippen LogP contribution in [-0.2, 0) is 4.79 Å². The number of nitrogens with zero attached hydrogens (tertiary/aromatic N) is 2. The predicted molar refractivity (Wildman–Crippen MR) is 78.3 cm³/mol. The lowest BCUT2D eigenvalue weighted by molar-refractivity contribution is -0.140. The third-order valence-electron chi connectivity index (χ3n) is 3.85. The van der Waals surface area contributed by atoms with Gasteiger partial charge in [-0.2, -0.15) is 0 Å². The Balaban J connectivity index is 1.98. The fraction of sp³-hybridized carbons (Fsp3) is 0.533. The first-order valence-corrected chi connectivity index (χ1v) is 7.30. The third-order valence-corrected chi connectivity index (χ3v) is 4.10. The Bertz CT molecular complexity index is 428. The summed E-state index contributed by atoms with van der Waals surface area (Å²) in [4.78, 5) is 16.4. The number of amides is 1. The first kappa shape index (κ1) is 14.4. The van der Waals surface area contributed by atoms with E-state index in [2.05, 4.69) is 18.7 Å². The molecule has 1 aliphatic rings. The zero-order valence-electron chi connectivity index (χ0n) is 11.6. The van der Waals surface area contributed by atoms with Crippen LogP contribution >= 0.6 is 11.6 Å². The first-order valence-electron chi connectivity index (χ1n) is 6.93. The Hall–Kier alpha value is -1.06. The molecule has 1 amide bonds. The number of carbonyl (C=O) groups is 1. The summed E-state index contributed by atoms with van der Waals surface area (Å²) in [7, 11) is 0. The standard InChI is InChI=1S/C15H21ClN2O/c1-3-17(4-2)11-15(19)18-10-9-14(18)12-5-7-13(16)8-6-12/h5-8,14H,3-4,9-11H2,1-2H3/t14-/m1/s1. The van der Waals surface area contributed by atoms with Gasteiger partial charge < -0.3 is 4.90 Å². The SMILES string of the molecule is CCN(CC)CC(=O)N1CC[C@@H]1c1ccc(Cl)cc1. The molecule has 0 spiro atoms. The lowest BCUT2D eigenvalue weighted by Gasteiger charge is -2.42. The van der Waals surface area contributed by atoms with Crippen LogP contribution in [-0.4, -0.2) is 41.9 Å². The molecule has 1 saturated heterocycles. The van der Waals surface area contributed by atoms with Gasteiger partial charge in [0, 0.05) is 11.6 Å². The number of likely N-dealkylation sites (tertiary alicyclic amines) is 1. The van der Waals surface area contributed by atoms with E-state index < -0.39 is 0 Å². The summed E-state index contributed by atoms with van der Waals surface area (Å²) in [5.74, 6) is 0.231. The molecule has 1 atom stereocenters. The average molecular weight is 281 g/mol. The molecule has 0 radical (unpaired) electrons. The van der Waals surface area contributed by atoms with Gasteiger partial charge in [0.1, 0.15) is 0 Å². The van der Waals surface area contributed by atoms with Crippen molar-refractivity contribution in [3.05, 3.63) is 34.9 Å². The van der Waals surface area contributed by atoms with E-state index in [0.29, 0.717) is 6.54 Å². The van der Waals surface area contributed by atoms with Gasteiger partial charge >= 0.3 is 0 Å². The summed E-state index contributed by atoms with van der Waals surface area (Å²) in [5.41, 5.74) is 1.18. The molecular formula is C15H21ClN2O. The largest absolute Gasteiger partial charge is 0.334 e. The van der Waals surface area contributed by atoms with Crippen LogP contribution in [0.3, 0.4) is 0 Å². The van der Waals surface area contributed by atoms with E-state index >= 15 is 0 Å². The Morgan fingerprint density at radius 1 is 1.32 bits per heavy atom. The van der Waals surface area contributed by atoms with E-state index in [1.54, 1.807) is 0 Å². The van der Waals surface area contributed by atoms with Gasteiger partial charge in [0.2, 0.25) is 5.91 Å². The molecule has 3 nitrogen and oxygen atoms in total. The highest BCUT2D eigenvalue weighted by Crippen LogP contribution is 2.33. The third kappa shape index (κ3) is 3.28. The molecule has 1 aromatic carbocycles. The van der Waals surface area contributed by atoms with Crippen molar-refractivity contribution >= 4 is 17.5 Å². The van der Waals surface area contributed by atoms with Crippen molar-refractivity contribution in [3.63, 3.8) is 0 Å². The minimum absolute atomic E-state index is 0.231. The van der Waals surface area contributed by atoms with Gasteiger partial charge in [-0.15, -0.1) is 0 Å². The number of hydrogen-bond acceptors (Lipinski definition) is 2. The Kier molecular flexibility index (Phi) is 4.83. The van der Waals surface area contributed by atoms with Crippen LogP contribution in [0.2, 0.25) is 5.02 Å². The monoisotopic (exact) mass is 280 g/mol. The molecule has 2 rings (SSSR count). The molecule has 1 aliphatic heterocycles. The zero-order chi connectivity index (χ0) is 13.8. The fourth-order valence-electron chi connectivity index (χ4n) is 2.45. The van der Waals surface area contributed by atoms with Crippen molar-refractivity contribution in [3.8, 4) is 0 Å². The van der Waals surface area contributed by atoms with Crippen molar-refractivity contribution in [1.82, 2.24) is 9.80 Å². The van der Waals surface area contributed by atoms with E-state index in [0.717, 1.165) is 31.1 Å². The van der Waals surface area contributed by atoms with Gasteiger partial charge in [0.15, 0.2) is 0 Å². The lowest BCUT2D eigenvalue weighted by Crippen LogP contribution is -2.49. The van der Waals surface area contributed by atoms with Gasteiger partial charge in [-0.25, -0.2) is 0 Å². The van der Waals surface area contributed by atoms with E-state index in [1.807, 2.05) is 29.2 Å². The van der Waals surface area contributed by atoms with Crippen molar-refractivity contribution in [1.29, 1.82) is 0 Å². The summed E-state index contributed by atoms with van der Waals surface area (Å²) in [6, 6.07) is 8.05. The predicted octanol–water partition coefficient (Wildman–Crippen LogP) is 2.96. The van der Waals surface area contributed by atoms with Crippen molar-refractivity contribution in [2.45, 2.75) is 26.3 Å². The van der Waals surface area contributed by atoms with Crippen molar-refractivity contribution < 1.29 is 4.79 Å². The number of hydrogen-bond donors (Lipinski definition) is 0. The van der Waals surface area contributed by atoms with Crippen LogP contribution in [0, 0.1) is 0 Å². The molecule has 104 valence electrons. The second-order valence-electron chi connectivity index (χ2n) is 4.90. The molecule has 1 aromatic rings. The Morgan fingerprint density at radius 3 is 2.42 bits per heavy atom. The number of rotatable bonds is 5. The second kappa shape index (κ2) is 6.40. The van der Waals surface area contributed by atoms with Gasteiger partial charge in [-0.1, -0.05) is 37.6 Å². The Labute approximate surface area is 120 Å². The molecule has 0 bridgehead atoms. The van der Waals surface area contributed by atoms with Crippen LogP contribution < -0.4 is 0 Å². The maximum absolute atomic E-state index is 12.3. The number of halogens is 1. The van der Waals surface area contributed by atoms with E-state index in [-0.39, 0.29) is 11.9 Å². The zero-order valence-corrected chi connectivity index (χ0v) is 12.4. The average Bonchev–Trinajstić information content (AvgIpc) is 2.37. The molecule has 0 N–H and O–H groups in total. The lowest BCUT2D eigenvalue weighted by atomic mass is 9.94. The summed E-state index contributed by atoms with van der Waals surface area (Å²) in [5, 5.41) is 0.740. The maximum atomic E-state index is 12.3. The summed E-state index contributed by atoms with van der Waals surface area (Å²) >= 11 is 5.90. The molecule has 1 heterocycles. The van der Waals surface area contributed by atoms with Crippen LogP contribution in [0.25, 0.3) is 0 Å². The van der Waals surface area contributed by atoms with Gasteiger partial charge in [0.25, 0.3) is 0 Å². The number of benzene rings is 1. The van der Waals surface area contributed by atoms with E-state index in [9.17, 15) is 4.79 Å². The van der Waals surface area contributed by atoms with Crippen LogP contribution in [0.15, 0.2) is 24.3 Å². The van der Waals surface area contributed by atoms with Crippen LogP contribution in [0.1, 0.15) is 31.9 Å². The molecule has 0 unspecified atom stereocenters. The highest BCUT2D eigenvalue weighted by atomic mass is 35.5. The second-order valence-corrected chi connectivity index (χ2v) is 5.34.